The number of alkyl halides is 6. The molecule has 0 bridgehead atoms. The molecule has 0 aliphatic heterocycles. The maximum atomic E-state index is 14.1. The molecule has 0 heterocycles. The molecule has 1 atom stereocenters. The lowest BCUT2D eigenvalue weighted by Gasteiger charge is -2.35. The van der Waals surface area contributed by atoms with Crippen LogP contribution in [0.4, 0.5) is 26.3 Å². The van der Waals surface area contributed by atoms with E-state index in [2.05, 4.69) is 22.6 Å². The Hall–Kier alpha value is -2.00. The standard InChI is InChI=1S/C12H12F6O4/c1-6(2)8(19)21-11(16,10(14,15)5-13)12(17,18)22-9(20)7(3)4/h1,3,5H2,2,4H3. The molecule has 0 aromatic heterocycles. The van der Waals surface area contributed by atoms with Gasteiger partial charge in [-0.3, -0.25) is 0 Å². The van der Waals surface area contributed by atoms with Crippen molar-refractivity contribution in [1.29, 1.82) is 0 Å². The van der Waals surface area contributed by atoms with Crippen LogP contribution in [0.1, 0.15) is 13.8 Å². The van der Waals surface area contributed by atoms with Gasteiger partial charge in [0.25, 0.3) is 0 Å². The van der Waals surface area contributed by atoms with Gasteiger partial charge >= 0.3 is 29.8 Å². The van der Waals surface area contributed by atoms with E-state index in [1.165, 1.54) is 0 Å². The molecular formula is C12H12F6O4. The van der Waals surface area contributed by atoms with Crippen molar-refractivity contribution in [2.45, 2.75) is 31.7 Å². The monoisotopic (exact) mass is 334 g/mol. The summed E-state index contributed by atoms with van der Waals surface area (Å²) in [6.45, 7) is 4.51. The number of hydrogen-bond acceptors (Lipinski definition) is 4. The number of rotatable bonds is 7. The van der Waals surface area contributed by atoms with Crippen molar-refractivity contribution in [3.8, 4) is 0 Å². The summed E-state index contributed by atoms with van der Waals surface area (Å²) in [6.07, 6.45) is -5.69. The van der Waals surface area contributed by atoms with Crippen molar-refractivity contribution in [2.75, 3.05) is 6.67 Å². The molecular weight excluding hydrogens is 322 g/mol. The Morgan fingerprint density at radius 2 is 1.27 bits per heavy atom. The molecule has 0 saturated carbocycles. The van der Waals surface area contributed by atoms with Crippen LogP contribution in [0, 0.1) is 0 Å². The van der Waals surface area contributed by atoms with Crippen LogP contribution in [0.2, 0.25) is 0 Å². The van der Waals surface area contributed by atoms with Crippen molar-refractivity contribution >= 4 is 11.9 Å². The van der Waals surface area contributed by atoms with Crippen LogP contribution in [-0.4, -0.2) is 36.5 Å². The summed E-state index contributed by atoms with van der Waals surface area (Å²) >= 11 is 0. The highest BCUT2D eigenvalue weighted by Gasteiger charge is 2.76. The normalized spacial score (nSPS) is 14.7. The van der Waals surface area contributed by atoms with E-state index in [1.54, 1.807) is 0 Å². The van der Waals surface area contributed by atoms with E-state index in [0.29, 0.717) is 0 Å². The van der Waals surface area contributed by atoms with Gasteiger partial charge in [-0.05, 0) is 13.8 Å². The third kappa shape index (κ3) is 3.80. The van der Waals surface area contributed by atoms with Crippen LogP contribution < -0.4 is 0 Å². The van der Waals surface area contributed by atoms with Crippen LogP contribution in [0.25, 0.3) is 0 Å². The second kappa shape index (κ2) is 6.41. The topological polar surface area (TPSA) is 52.6 Å². The van der Waals surface area contributed by atoms with Crippen molar-refractivity contribution in [3.63, 3.8) is 0 Å². The lowest BCUT2D eigenvalue weighted by Crippen LogP contribution is -2.62. The molecule has 10 heteroatoms. The smallest absolute Gasteiger partial charge is 0.411 e. The number of ether oxygens (including phenoxy) is 2. The molecule has 0 spiro atoms. The van der Waals surface area contributed by atoms with Gasteiger partial charge in [0.1, 0.15) is 0 Å². The number of esters is 2. The van der Waals surface area contributed by atoms with Gasteiger partial charge in [-0.2, -0.15) is 22.0 Å². The van der Waals surface area contributed by atoms with E-state index in [4.69, 9.17) is 0 Å². The number of halogens is 6. The molecule has 0 fully saturated rings. The van der Waals surface area contributed by atoms with E-state index >= 15 is 0 Å². The molecule has 0 N–H and O–H groups in total. The van der Waals surface area contributed by atoms with Gasteiger partial charge in [-0.25, -0.2) is 14.0 Å². The zero-order chi connectivity index (χ0) is 17.9. The molecule has 0 aromatic rings. The van der Waals surface area contributed by atoms with Gasteiger partial charge in [0, 0.05) is 11.1 Å². The predicted octanol–water partition coefficient (Wildman–Crippen LogP) is 3.09. The molecule has 0 aromatic carbocycles. The third-order valence-corrected chi connectivity index (χ3v) is 2.16. The lowest BCUT2D eigenvalue weighted by atomic mass is 10.1. The minimum absolute atomic E-state index is 0.684. The summed E-state index contributed by atoms with van der Waals surface area (Å²) in [5, 5.41) is 0. The summed E-state index contributed by atoms with van der Waals surface area (Å²) < 4.78 is 86.5. The van der Waals surface area contributed by atoms with Gasteiger partial charge < -0.3 is 9.47 Å². The fraction of sp³-hybridized carbons (Fsp3) is 0.500. The molecule has 126 valence electrons. The van der Waals surface area contributed by atoms with Gasteiger partial charge in [-0.15, -0.1) is 0 Å². The zero-order valence-electron chi connectivity index (χ0n) is 11.5. The second-order valence-electron chi connectivity index (χ2n) is 4.29. The molecule has 0 rings (SSSR count). The predicted molar refractivity (Wildman–Crippen MR) is 61.5 cm³/mol. The molecule has 0 saturated heterocycles. The van der Waals surface area contributed by atoms with E-state index in [0.717, 1.165) is 13.8 Å². The first kappa shape index (κ1) is 20.0. The number of carbonyl (C=O) groups is 2. The molecule has 1 unspecified atom stereocenters. The fourth-order valence-electron chi connectivity index (χ4n) is 0.917. The average Bonchev–Trinajstić information content (AvgIpc) is 2.37. The minimum atomic E-state index is -5.69. The summed E-state index contributed by atoms with van der Waals surface area (Å²) in [4.78, 5) is 22.1. The van der Waals surface area contributed by atoms with Gasteiger partial charge in [0.2, 0.25) is 0 Å². The zero-order valence-corrected chi connectivity index (χ0v) is 11.5. The fourth-order valence-corrected chi connectivity index (χ4v) is 0.917. The first-order valence-electron chi connectivity index (χ1n) is 5.50. The number of carbonyl (C=O) groups excluding carboxylic acids is 2. The van der Waals surface area contributed by atoms with Crippen LogP contribution in [-0.2, 0) is 19.1 Å². The SMILES string of the molecule is C=C(C)C(=O)OC(F)(F)C(F)(OC(=O)C(=C)C)C(F)(F)CF. The molecule has 0 aliphatic rings. The van der Waals surface area contributed by atoms with Gasteiger partial charge in [0.05, 0.1) is 0 Å². The summed E-state index contributed by atoms with van der Waals surface area (Å²) in [5.74, 6) is -15.0. The van der Waals surface area contributed by atoms with Crippen LogP contribution in [0.5, 0.6) is 0 Å². The minimum Gasteiger partial charge on any atom is -0.411 e. The van der Waals surface area contributed by atoms with Crippen LogP contribution in [0.15, 0.2) is 24.3 Å². The van der Waals surface area contributed by atoms with Gasteiger partial charge in [0.15, 0.2) is 6.67 Å². The Bertz CT molecular complexity index is 502. The van der Waals surface area contributed by atoms with E-state index in [-0.39, 0.29) is 0 Å². The van der Waals surface area contributed by atoms with Crippen LogP contribution in [0.3, 0.4) is 0 Å². The van der Waals surface area contributed by atoms with E-state index < -0.39 is 47.6 Å². The average molecular weight is 334 g/mol. The summed E-state index contributed by atoms with van der Waals surface area (Å²) in [7, 11) is 0. The molecule has 22 heavy (non-hydrogen) atoms. The molecule has 0 radical (unpaired) electrons. The molecule has 4 nitrogen and oxygen atoms in total. The first-order chi connectivity index (χ1) is 9.72. The highest BCUT2D eigenvalue weighted by Crippen LogP contribution is 2.47. The quantitative estimate of drug-likeness (QED) is 0.408. The Balaban J connectivity index is 5.85. The lowest BCUT2D eigenvalue weighted by molar-refractivity contribution is -0.410. The van der Waals surface area contributed by atoms with Gasteiger partial charge in [-0.1, -0.05) is 13.2 Å². The van der Waals surface area contributed by atoms with Crippen molar-refractivity contribution < 1.29 is 45.4 Å². The second-order valence-corrected chi connectivity index (χ2v) is 4.29. The van der Waals surface area contributed by atoms with E-state index in [1.807, 2.05) is 0 Å². The van der Waals surface area contributed by atoms with Crippen LogP contribution >= 0.6 is 0 Å². The molecule has 0 amide bonds. The molecule has 0 aliphatic carbocycles. The number of hydrogen-bond donors (Lipinski definition) is 0. The Morgan fingerprint density at radius 3 is 1.59 bits per heavy atom. The Morgan fingerprint density at radius 1 is 0.909 bits per heavy atom. The highest BCUT2D eigenvalue weighted by molar-refractivity contribution is 5.88. The maximum Gasteiger partial charge on any atom is 0.480 e. The largest absolute Gasteiger partial charge is 0.480 e. The Labute approximate surface area is 121 Å². The highest BCUT2D eigenvalue weighted by atomic mass is 19.3. The first-order valence-corrected chi connectivity index (χ1v) is 5.50. The summed E-state index contributed by atoms with van der Waals surface area (Å²) in [5.41, 5.74) is -1.41. The van der Waals surface area contributed by atoms with Crippen molar-refractivity contribution in [3.05, 3.63) is 24.3 Å². The van der Waals surface area contributed by atoms with Crippen molar-refractivity contribution in [1.82, 2.24) is 0 Å². The Kier molecular flexibility index (Phi) is 5.82. The van der Waals surface area contributed by atoms with E-state index in [9.17, 15) is 35.9 Å². The van der Waals surface area contributed by atoms with Crippen molar-refractivity contribution in [2.24, 2.45) is 0 Å². The summed E-state index contributed by atoms with van der Waals surface area (Å²) in [6, 6.07) is 0. The third-order valence-electron chi connectivity index (χ3n) is 2.16. The maximum absolute atomic E-state index is 14.1.